The van der Waals surface area contributed by atoms with Gasteiger partial charge in [-0.1, -0.05) is 24.1 Å². The van der Waals surface area contributed by atoms with Gasteiger partial charge in [0.1, 0.15) is 5.84 Å². The van der Waals surface area contributed by atoms with Gasteiger partial charge >= 0.3 is 0 Å². The molecule has 0 spiro atoms. The molecular weight excluding hydrogens is 220 g/mol. The highest BCUT2D eigenvalue weighted by Crippen LogP contribution is 2.12. The van der Waals surface area contributed by atoms with E-state index in [9.17, 15) is 0 Å². The van der Waals surface area contributed by atoms with Crippen molar-refractivity contribution in [2.75, 3.05) is 11.9 Å². The van der Waals surface area contributed by atoms with Crippen LogP contribution in [0, 0.1) is 6.92 Å². The Hall–Kier alpha value is -1.02. The minimum Gasteiger partial charge on any atom is -0.344 e. The van der Waals surface area contributed by atoms with E-state index in [1.54, 1.807) is 0 Å². The smallest absolute Gasteiger partial charge is 0.101 e. The number of aryl methyl sites for hydroxylation is 1. The molecule has 0 bridgehead atoms. The average Bonchev–Trinajstić information content (AvgIpc) is 2.50. The van der Waals surface area contributed by atoms with Crippen LogP contribution in [0.15, 0.2) is 29.3 Å². The van der Waals surface area contributed by atoms with E-state index in [1.165, 1.54) is 24.8 Å². The van der Waals surface area contributed by atoms with Crippen molar-refractivity contribution in [3.8, 4) is 0 Å². The van der Waals surface area contributed by atoms with Gasteiger partial charge in [0, 0.05) is 18.7 Å². The van der Waals surface area contributed by atoms with E-state index >= 15 is 0 Å². The molecule has 0 radical (unpaired) electrons. The highest BCUT2D eigenvalue weighted by molar-refractivity contribution is 5.95. The average molecular weight is 239 g/mol. The number of amidine groups is 1. The largest absolute Gasteiger partial charge is 0.344 e. The summed E-state index contributed by atoms with van der Waals surface area (Å²) in [7, 11) is 0. The van der Waals surface area contributed by atoms with E-state index in [1.807, 2.05) is 0 Å². The topological polar surface area (TPSA) is 24.4 Å². The minimum absolute atomic E-state index is 0. The number of nitrogens with zero attached hydrogens (tertiary/aromatic N) is 1. The SMILES string of the molecule is Cc1ccc(NC2=NCCCCC2)cc1.Cl. The summed E-state index contributed by atoms with van der Waals surface area (Å²) in [6, 6.07) is 8.48. The summed E-state index contributed by atoms with van der Waals surface area (Å²) in [5, 5.41) is 3.40. The van der Waals surface area contributed by atoms with Crippen molar-refractivity contribution in [3.63, 3.8) is 0 Å². The number of aliphatic imine (C=N–C) groups is 1. The number of halogens is 1. The van der Waals surface area contributed by atoms with E-state index in [4.69, 9.17) is 0 Å². The third-order valence-corrected chi connectivity index (χ3v) is 2.71. The Morgan fingerprint density at radius 2 is 1.81 bits per heavy atom. The molecule has 88 valence electrons. The fourth-order valence-electron chi connectivity index (χ4n) is 1.78. The summed E-state index contributed by atoms with van der Waals surface area (Å²) in [5.41, 5.74) is 2.45. The Kier molecular flexibility index (Phi) is 5.33. The molecule has 1 aliphatic rings. The zero-order chi connectivity index (χ0) is 10.5. The molecule has 16 heavy (non-hydrogen) atoms. The molecule has 3 heteroatoms. The molecule has 0 unspecified atom stereocenters. The Bertz CT molecular complexity index is 343. The van der Waals surface area contributed by atoms with Crippen LogP contribution >= 0.6 is 12.4 Å². The normalized spacial score (nSPS) is 15.7. The summed E-state index contributed by atoms with van der Waals surface area (Å²) in [6.07, 6.45) is 4.90. The zero-order valence-electron chi connectivity index (χ0n) is 9.70. The van der Waals surface area contributed by atoms with Crippen LogP contribution in [0.2, 0.25) is 0 Å². The molecule has 1 N–H and O–H groups in total. The van der Waals surface area contributed by atoms with Gasteiger partial charge in [0.25, 0.3) is 0 Å². The van der Waals surface area contributed by atoms with Gasteiger partial charge in [-0.2, -0.15) is 0 Å². The number of rotatable bonds is 1. The van der Waals surface area contributed by atoms with Crippen molar-refractivity contribution in [2.45, 2.75) is 32.6 Å². The van der Waals surface area contributed by atoms with E-state index in [-0.39, 0.29) is 12.4 Å². The van der Waals surface area contributed by atoms with Crippen LogP contribution in [0.25, 0.3) is 0 Å². The first-order chi connectivity index (χ1) is 7.34. The molecule has 1 aromatic rings. The van der Waals surface area contributed by atoms with E-state index in [0.29, 0.717) is 0 Å². The van der Waals surface area contributed by atoms with E-state index in [2.05, 4.69) is 41.5 Å². The summed E-state index contributed by atoms with van der Waals surface area (Å²) in [4.78, 5) is 4.55. The van der Waals surface area contributed by atoms with Crippen molar-refractivity contribution in [3.05, 3.63) is 29.8 Å². The zero-order valence-corrected chi connectivity index (χ0v) is 10.5. The fraction of sp³-hybridized carbons (Fsp3) is 0.462. The molecule has 1 aliphatic heterocycles. The third-order valence-electron chi connectivity index (χ3n) is 2.71. The first kappa shape index (κ1) is 13.0. The molecule has 0 atom stereocenters. The molecule has 1 aromatic carbocycles. The lowest BCUT2D eigenvalue weighted by Gasteiger charge is -2.08. The fourth-order valence-corrected chi connectivity index (χ4v) is 1.78. The maximum atomic E-state index is 4.55. The van der Waals surface area contributed by atoms with Gasteiger partial charge in [-0.3, -0.25) is 4.99 Å². The van der Waals surface area contributed by atoms with Crippen LogP contribution in [-0.4, -0.2) is 12.4 Å². The predicted molar refractivity (Wildman–Crippen MR) is 72.8 cm³/mol. The number of hydrogen-bond donors (Lipinski definition) is 1. The Labute approximate surface area is 104 Å². The molecule has 2 nitrogen and oxygen atoms in total. The molecule has 0 amide bonds. The van der Waals surface area contributed by atoms with Gasteiger partial charge in [-0.15, -0.1) is 12.4 Å². The summed E-state index contributed by atoms with van der Waals surface area (Å²) in [5.74, 6) is 1.15. The lowest BCUT2D eigenvalue weighted by Crippen LogP contribution is -2.11. The van der Waals surface area contributed by atoms with Crippen LogP contribution in [-0.2, 0) is 0 Å². The molecule has 0 fully saturated rings. The van der Waals surface area contributed by atoms with Crippen molar-refractivity contribution in [2.24, 2.45) is 4.99 Å². The van der Waals surface area contributed by atoms with Crippen molar-refractivity contribution in [1.82, 2.24) is 0 Å². The molecule has 2 rings (SSSR count). The quantitative estimate of drug-likeness (QED) is 0.791. The van der Waals surface area contributed by atoms with Crippen molar-refractivity contribution in [1.29, 1.82) is 0 Å². The second-order valence-electron chi connectivity index (χ2n) is 4.13. The summed E-state index contributed by atoms with van der Waals surface area (Å²) in [6.45, 7) is 3.08. The highest BCUT2D eigenvalue weighted by atomic mass is 35.5. The lowest BCUT2D eigenvalue weighted by molar-refractivity contribution is 0.731. The molecule has 0 aliphatic carbocycles. The minimum atomic E-state index is 0. The van der Waals surface area contributed by atoms with Crippen molar-refractivity contribution < 1.29 is 0 Å². The first-order valence-corrected chi connectivity index (χ1v) is 5.71. The van der Waals surface area contributed by atoms with Crippen LogP contribution in [0.3, 0.4) is 0 Å². The van der Waals surface area contributed by atoms with E-state index < -0.39 is 0 Å². The first-order valence-electron chi connectivity index (χ1n) is 5.71. The Morgan fingerprint density at radius 1 is 1.06 bits per heavy atom. The second kappa shape index (κ2) is 6.54. The van der Waals surface area contributed by atoms with Gasteiger partial charge in [0.05, 0.1) is 0 Å². The van der Waals surface area contributed by atoms with Crippen molar-refractivity contribution >= 4 is 23.9 Å². The molecule has 1 heterocycles. The maximum absolute atomic E-state index is 4.55. The van der Waals surface area contributed by atoms with E-state index in [0.717, 1.165) is 24.5 Å². The van der Waals surface area contributed by atoms with Gasteiger partial charge in [0.2, 0.25) is 0 Å². The lowest BCUT2D eigenvalue weighted by atomic mass is 10.2. The second-order valence-corrected chi connectivity index (χ2v) is 4.13. The highest BCUT2D eigenvalue weighted by Gasteiger charge is 2.03. The molecule has 0 saturated heterocycles. The monoisotopic (exact) mass is 238 g/mol. The maximum Gasteiger partial charge on any atom is 0.101 e. The van der Waals surface area contributed by atoms with Gasteiger partial charge in [-0.05, 0) is 31.9 Å². The molecule has 0 aromatic heterocycles. The predicted octanol–water partition coefficient (Wildman–Crippen LogP) is 3.80. The van der Waals surface area contributed by atoms with Gasteiger partial charge in [-0.25, -0.2) is 0 Å². The Morgan fingerprint density at radius 3 is 2.56 bits per heavy atom. The number of hydrogen-bond acceptors (Lipinski definition) is 2. The molecule has 0 saturated carbocycles. The standard InChI is InChI=1S/C13H18N2.ClH/c1-11-6-8-12(9-7-11)15-13-5-3-2-4-10-14-13;/h6-9H,2-5,10H2,1H3,(H,14,15);1H. The summed E-state index contributed by atoms with van der Waals surface area (Å²) >= 11 is 0. The van der Waals surface area contributed by atoms with Crippen LogP contribution < -0.4 is 5.32 Å². The van der Waals surface area contributed by atoms with Gasteiger partial charge in [0.15, 0.2) is 0 Å². The van der Waals surface area contributed by atoms with Crippen LogP contribution in [0.4, 0.5) is 5.69 Å². The number of benzene rings is 1. The van der Waals surface area contributed by atoms with Crippen LogP contribution in [0.1, 0.15) is 31.2 Å². The summed E-state index contributed by atoms with van der Waals surface area (Å²) < 4.78 is 0. The van der Waals surface area contributed by atoms with Crippen LogP contribution in [0.5, 0.6) is 0 Å². The Balaban J connectivity index is 0.00000128. The third kappa shape index (κ3) is 3.86. The number of nitrogens with one attached hydrogen (secondary N) is 1. The number of anilines is 1. The molecular formula is C13H19ClN2. The van der Waals surface area contributed by atoms with Gasteiger partial charge < -0.3 is 5.32 Å².